The number of fused-ring (bicyclic) bond motifs is 1. The maximum atomic E-state index is 11.9. The Hall–Kier alpha value is -2.19. The van der Waals surface area contributed by atoms with Crippen molar-refractivity contribution < 1.29 is 13.9 Å². The van der Waals surface area contributed by atoms with Crippen molar-refractivity contribution in [2.75, 3.05) is 26.8 Å². The zero-order valence-corrected chi connectivity index (χ0v) is 15.7. The minimum atomic E-state index is -0.181. The average Bonchev–Trinajstić information content (AvgIpc) is 3.16. The van der Waals surface area contributed by atoms with Gasteiger partial charge in [0.25, 0.3) is 0 Å². The van der Waals surface area contributed by atoms with Gasteiger partial charge in [-0.1, -0.05) is 0 Å². The molecule has 2 aromatic heterocycles. The summed E-state index contributed by atoms with van der Waals surface area (Å²) >= 11 is 0. The minimum absolute atomic E-state index is 0.0415. The van der Waals surface area contributed by atoms with Crippen molar-refractivity contribution in [2.45, 2.75) is 45.8 Å². The van der Waals surface area contributed by atoms with Crippen LogP contribution in [-0.2, 0) is 29.0 Å². The molecule has 1 N–H and O–H groups in total. The summed E-state index contributed by atoms with van der Waals surface area (Å²) in [6, 6.07) is 3.84. The van der Waals surface area contributed by atoms with E-state index >= 15 is 0 Å². The number of nitrogens with one attached hydrogen (secondary N) is 1. The number of aromatic nitrogens is 3. The first kappa shape index (κ1) is 18.6. The lowest BCUT2D eigenvalue weighted by atomic mass is 10.3. The topological polar surface area (TPSA) is 85.4 Å². The van der Waals surface area contributed by atoms with Gasteiger partial charge < -0.3 is 19.0 Å². The molecule has 26 heavy (non-hydrogen) atoms. The molecule has 3 rings (SSSR count). The van der Waals surface area contributed by atoms with Crippen LogP contribution < -0.4 is 5.32 Å². The molecule has 3 heterocycles. The lowest BCUT2D eigenvalue weighted by Crippen LogP contribution is -2.30. The van der Waals surface area contributed by atoms with Crippen LogP contribution in [0.15, 0.2) is 16.5 Å². The fourth-order valence-corrected chi connectivity index (χ4v) is 3.23. The lowest BCUT2D eigenvalue weighted by Gasteiger charge is -2.19. The monoisotopic (exact) mass is 361 g/mol. The van der Waals surface area contributed by atoms with Crippen molar-refractivity contribution in [3.63, 3.8) is 0 Å². The maximum Gasteiger partial charge on any atom is 0.222 e. The highest BCUT2D eigenvalue weighted by atomic mass is 16.5. The number of carbonyl (C=O) groups excluding carboxylic acids is 1. The van der Waals surface area contributed by atoms with Crippen molar-refractivity contribution >= 4 is 5.91 Å². The van der Waals surface area contributed by atoms with Crippen LogP contribution in [0.3, 0.4) is 0 Å². The highest BCUT2D eigenvalue weighted by Gasteiger charge is 2.23. The van der Waals surface area contributed by atoms with Crippen molar-refractivity contribution in [1.29, 1.82) is 0 Å². The van der Waals surface area contributed by atoms with E-state index in [4.69, 9.17) is 9.15 Å². The number of hydrogen-bond donors (Lipinski definition) is 1. The number of hydrogen-bond acceptors (Lipinski definition) is 6. The van der Waals surface area contributed by atoms with E-state index in [0.717, 1.165) is 55.8 Å². The first-order valence-electron chi connectivity index (χ1n) is 9.04. The quantitative estimate of drug-likeness (QED) is 0.803. The van der Waals surface area contributed by atoms with Crippen molar-refractivity contribution in [3.8, 4) is 0 Å². The van der Waals surface area contributed by atoms with Crippen LogP contribution in [0.1, 0.15) is 42.6 Å². The van der Waals surface area contributed by atoms with Crippen molar-refractivity contribution in [1.82, 2.24) is 25.0 Å². The number of rotatable bonds is 7. The first-order valence-corrected chi connectivity index (χ1v) is 9.04. The Morgan fingerprint density at radius 3 is 2.92 bits per heavy atom. The standard InChI is InChI=1S/C18H27N5O3/c1-13-4-5-15(26-13)12-22-8-6-16-20-21-18(23(16)10-9-22)14(2)19-17(24)7-11-25-3/h4-5,14H,6-12H2,1-3H3,(H,19,24). The molecule has 1 unspecified atom stereocenters. The summed E-state index contributed by atoms with van der Waals surface area (Å²) in [5, 5.41) is 11.6. The van der Waals surface area contributed by atoms with E-state index < -0.39 is 0 Å². The molecule has 1 aliphatic heterocycles. The second-order valence-corrected chi connectivity index (χ2v) is 6.70. The molecule has 0 fully saturated rings. The van der Waals surface area contributed by atoms with E-state index in [9.17, 15) is 4.79 Å². The van der Waals surface area contributed by atoms with E-state index in [1.54, 1.807) is 7.11 Å². The fraction of sp³-hybridized carbons (Fsp3) is 0.611. The summed E-state index contributed by atoms with van der Waals surface area (Å²) in [7, 11) is 1.59. The highest BCUT2D eigenvalue weighted by Crippen LogP contribution is 2.17. The molecule has 142 valence electrons. The second kappa shape index (κ2) is 8.46. The molecule has 0 saturated heterocycles. The Balaban J connectivity index is 1.61. The van der Waals surface area contributed by atoms with Gasteiger partial charge in [0.2, 0.25) is 5.91 Å². The number of furan rings is 1. The van der Waals surface area contributed by atoms with Gasteiger partial charge >= 0.3 is 0 Å². The Bertz CT molecular complexity index is 739. The van der Waals surface area contributed by atoms with Gasteiger partial charge in [-0.2, -0.15) is 0 Å². The van der Waals surface area contributed by atoms with E-state index in [0.29, 0.717) is 13.0 Å². The molecule has 0 bridgehead atoms. The van der Waals surface area contributed by atoms with Gasteiger partial charge in [-0.25, -0.2) is 0 Å². The van der Waals surface area contributed by atoms with E-state index in [1.165, 1.54) is 0 Å². The van der Waals surface area contributed by atoms with Crippen molar-refractivity contribution in [2.24, 2.45) is 0 Å². The van der Waals surface area contributed by atoms with Crippen molar-refractivity contribution in [3.05, 3.63) is 35.3 Å². The molecular weight excluding hydrogens is 334 g/mol. The maximum absolute atomic E-state index is 11.9. The van der Waals surface area contributed by atoms with Crippen LogP contribution in [0.4, 0.5) is 0 Å². The third-order valence-corrected chi connectivity index (χ3v) is 4.62. The molecule has 0 aliphatic carbocycles. The minimum Gasteiger partial charge on any atom is -0.465 e. The molecule has 1 aliphatic rings. The summed E-state index contributed by atoms with van der Waals surface area (Å²) in [6.07, 6.45) is 1.18. The highest BCUT2D eigenvalue weighted by molar-refractivity contribution is 5.76. The largest absolute Gasteiger partial charge is 0.465 e. The fourth-order valence-electron chi connectivity index (χ4n) is 3.23. The Morgan fingerprint density at radius 1 is 1.35 bits per heavy atom. The molecule has 1 atom stereocenters. The van der Waals surface area contributed by atoms with E-state index in [1.807, 2.05) is 26.0 Å². The van der Waals surface area contributed by atoms with Crippen LogP contribution in [-0.4, -0.2) is 52.4 Å². The van der Waals surface area contributed by atoms with Gasteiger partial charge in [-0.15, -0.1) is 10.2 Å². The third kappa shape index (κ3) is 4.50. The Kier molecular flexibility index (Phi) is 6.05. The number of ether oxygens (including phenoxy) is 1. The number of methoxy groups -OCH3 is 1. The van der Waals surface area contributed by atoms with Crippen LogP contribution in [0.25, 0.3) is 0 Å². The molecule has 8 heteroatoms. The second-order valence-electron chi connectivity index (χ2n) is 6.70. The predicted molar refractivity (Wildman–Crippen MR) is 95.5 cm³/mol. The molecular formula is C18H27N5O3. The van der Waals surface area contributed by atoms with E-state index in [2.05, 4.69) is 25.0 Å². The molecule has 0 spiro atoms. The van der Waals surface area contributed by atoms with Crippen LogP contribution in [0.2, 0.25) is 0 Å². The summed E-state index contributed by atoms with van der Waals surface area (Å²) < 4.78 is 12.8. The average molecular weight is 361 g/mol. The smallest absolute Gasteiger partial charge is 0.222 e. The molecule has 8 nitrogen and oxygen atoms in total. The molecule has 2 aromatic rings. The van der Waals surface area contributed by atoms with Gasteiger partial charge in [0.05, 0.1) is 19.2 Å². The molecule has 1 amide bonds. The van der Waals surface area contributed by atoms with Crippen LogP contribution in [0, 0.1) is 6.92 Å². The summed E-state index contributed by atoms with van der Waals surface area (Å²) in [5.41, 5.74) is 0. The van der Waals surface area contributed by atoms with Gasteiger partial charge in [0.1, 0.15) is 17.3 Å². The van der Waals surface area contributed by atoms with Crippen LogP contribution in [0.5, 0.6) is 0 Å². The number of amides is 1. The lowest BCUT2D eigenvalue weighted by molar-refractivity contribution is -0.122. The zero-order chi connectivity index (χ0) is 18.5. The SMILES string of the molecule is COCCC(=O)NC(C)c1nnc2n1CCN(Cc1ccc(C)o1)CC2. The number of carbonyl (C=O) groups is 1. The summed E-state index contributed by atoms with van der Waals surface area (Å²) in [4.78, 5) is 14.3. The zero-order valence-electron chi connectivity index (χ0n) is 15.7. The van der Waals surface area contributed by atoms with Crippen LogP contribution >= 0.6 is 0 Å². The van der Waals surface area contributed by atoms with Gasteiger partial charge in [-0.3, -0.25) is 9.69 Å². The number of nitrogens with zero attached hydrogens (tertiary/aromatic N) is 4. The predicted octanol–water partition coefficient (Wildman–Crippen LogP) is 1.45. The third-order valence-electron chi connectivity index (χ3n) is 4.62. The van der Waals surface area contributed by atoms with Gasteiger partial charge in [0, 0.05) is 39.6 Å². The Morgan fingerprint density at radius 2 is 2.19 bits per heavy atom. The molecule has 0 radical (unpaired) electrons. The summed E-state index contributed by atoms with van der Waals surface area (Å²) in [6.45, 7) is 7.71. The summed E-state index contributed by atoms with van der Waals surface area (Å²) in [5.74, 6) is 3.66. The first-order chi connectivity index (χ1) is 12.6. The van der Waals surface area contributed by atoms with Gasteiger partial charge in [-0.05, 0) is 26.0 Å². The molecule has 0 aromatic carbocycles. The van der Waals surface area contributed by atoms with Gasteiger partial charge in [0.15, 0.2) is 5.82 Å². The normalized spacial score (nSPS) is 16.1. The Labute approximate surface area is 153 Å². The number of aryl methyl sites for hydroxylation is 1. The molecule has 0 saturated carbocycles. The van der Waals surface area contributed by atoms with E-state index in [-0.39, 0.29) is 11.9 Å².